The van der Waals surface area contributed by atoms with Crippen molar-refractivity contribution >= 4 is 86.0 Å². The third-order valence-electron chi connectivity index (χ3n) is 4.73. The molecule has 0 radical (unpaired) electrons. The number of halogens is 1. The Labute approximate surface area is 200 Å². The summed E-state index contributed by atoms with van der Waals surface area (Å²) in [4.78, 5) is 0.327. The van der Waals surface area contributed by atoms with E-state index in [1.807, 2.05) is 0 Å². The fraction of sp³-hybridized carbons (Fsp3) is 0. The van der Waals surface area contributed by atoms with Gasteiger partial charge in [0, 0.05) is 20.9 Å². The van der Waals surface area contributed by atoms with E-state index in [0.717, 1.165) is 22.7 Å². The van der Waals surface area contributed by atoms with Gasteiger partial charge in [0.25, 0.3) is 0 Å². The molecule has 8 nitrogen and oxygen atoms in total. The topological polar surface area (TPSA) is 127 Å². The van der Waals surface area contributed by atoms with Crippen LogP contribution < -0.4 is 8.37 Å². The zero-order valence-electron chi connectivity index (χ0n) is 16.1. The Hall–Kier alpha value is -2.45. The van der Waals surface area contributed by atoms with Crippen molar-refractivity contribution in [1.29, 1.82) is 0 Å². The van der Waals surface area contributed by atoms with Gasteiger partial charge < -0.3 is 8.37 Å². The molecule has 0 aliphatic carbocycles. The first-order valence-electron chi connectivity index (χ1n) is 9.01. The molecule has 0 aliphatic rings. The van der Waals surface area contributed by atoms with Crippen LogP contribution in [0.5, 0.6) is 11.5 Å². The van der Waals surface area contributed by atoms with Gasteiger partial charge in [-0.25, -0.2) is 0 Å². The molecule has 0 fully saturated rings. The molecule has 2 aromatic heterocycles. The molecule has 0 spiro atoms. The van der Waals surface area contributed by atoms with Crippen LogP contribution in [0.2, 0.25) is 5.02 Å². The highest BCUT2D eigenvalue weighted by Crippen LogP contribution is 2.55. The Kier molecular flexibility index (Phi) is 5.29. The summed E-state index contributed by atoms with van der Waals surface area (Å²) in [6, 6.07) is 15.5. The molecule has 0 amide bonds. The zero-order valence-corrected chi connectivity index (χ0v) is 20.1. The van der Waals surface area contributed by atoms with Crippen LogP contribution in [0.1, 0.15) is 0 Å². The highest BCUT2D eigenvalue weighted by molar-refractivity contribution is 7.81. The second-order valence-corrected chi connectivity index (χ2v) is 11.3. The second kappa shape index (κ2) is 7.81. The maximum Gasteiger partial charge on any atom is 0.446 e. The molecule has 3 aromatic carbocycles. The average Bonchev–Trinajstić information content (AvgIpc) is 3.25. The number of hydrogen-bond acceptors (Lipinski definition) is 8. The van der Waals surface area contributed by atoms with Gasteiger partial charge in [0.15, 0.2) is 11.5 Å². The van der Waals surface area contributed by atoms with Gasteiger partial charge in [-0.1, -0.05) is 48.0 Å². The van der Waals surface area contributed by atoms with E-state index in [1.54, 1.807) is 54.6 Å². The molecule has 0 bridgehead atoms. The quantitative estimate of drug-likeness (QED) is 0.261. The van der Waals surface area contributed by atoms with Gasteiger partial charge >= 0.3 is 20.8 Å². The smallest absolute Gasteiger partial charge is 0.360 e. The largest absolute Gasteiger partial charge is 0.446 e. The highest BCUT2D eigenvalue weighted by Gasteiger charge is 2.28. The minimum atomic E-state index is -4.95. The minimum absolute atomic E-state index is 0.152. The summed E-state index contributed by atoms with van der Waals surface area (Å²) in [7, 11) is -9.86. The van der Waals surface area contributed by atoms with Crippen molar-refractivity contribution in [2.24, 2.45) is 0 Å². The lowest BCUT2D eigenvalue weighted by atomic mass is 10.1. The van der Waals surface area contributed by atoms with E-state index in [2.05, 4.69) is 0 Å². The van der Waals surface area contributed by atoms with Crippen molar-refractivity contribution in [2.75, 3.05) is 0 Å². The van der Waals surface area contributed by atoms with Crippen molar-refractivity contribution in [2.45, 2.75) is 0 Å². The van der Waals surface area contributed by atoms with Crippen LogP contribution in [0.4, 0.5) is 0 Å². The molecular weight excluding hydrogens is 532 g/mol. The fourth-order valence-corrected chi connectivity index (χ4v) is 7.19. The first-order chi connectivity index (χ1) is 15.5. The molecule has 2 heterocycles. The predicted octanol–water partition coefficient (Wildman–Crippen LogP) is 5.95. The second-order valence-electron chi connectivity index (χ2n) is 6.83. The molecule has 0 saturated carbocycles. The lowest BCUT2D eigenvalue weighted by Gasteiger charge is -2.06. The molecule has 2 N–H and O–H groups in total. The van der Waals surface area contributed by atoms with Gasteiger partial charge in [-0.15, -0.1) is 22.7 Å². The van der Waals surface area contributed by atoms with Gasteiger partial charge in [-0.3, -0.25) is 9.11 Å². The van der Waals surface area contributed by atoms with E-state index < -0.39 is 20.8 Å². The summed E-state index contributed by atoms with van der Waals surface area (Å²) in [5.41, 5.74) is 0. The van der Waals surface area contributed by atoms with Crippen LogP contribution in [0.15, 0.2) is 54.6 Å². The molecule has 0 aliphatic heterocycles. The lowest BCUT2D eigenvalue weighted by Crippen LogP contribution is -2.08. The summed E-state index contributed by atoms with van der Waals surface area (Å²) < 4.78 is 76.3. The van der Waals surface area contributed by atoms with Crippen LogP contribution >= 0.6 is 34.3 Å². The first kappa shape index (κ1) is 22.3. The third kappa shape index (κ3) is 4.15. The highest BCUT2D eigenvalue weighted by atomic mass is 35.5. The average molecular weight is 543 g/mol. The standard InChI is InChI=1S/C20H11ClO8S4/c21-15-11-6-2-1-5-10(11)9-13-17(29-33(25,26)27)20(31-18(13)15)19-16(28-32(22,23)24)12-7-3-4-8-14(12)30-19/h1-9H,(H,22,23,24)(H,25,26,27). The maximum absolute atomic E-state index is 11.7. The van der Waals surface area contributed by atoms with E-state index in [4.69, 9.17) is 20.0 Å². The molecule has 170 valence electrons. The predicted molar refractivity (Wildman–Crippen MR) is 130 cm³/mol. The Morgan fingerprint density at radius 3 is 1.94 bits per heavy atom. The Balaban J connectivity index is 1.91. The van der Waals surface area contributed by atoms with Crippen molar-refractivity contribution in [3.8, 4) is 21.3 Å². The van der Waals surface area contributed by atoms with Crippen molar-refractivity contribution in [3.05, 3.63) is 59.6 Å². The number of thiophene rings is 2. The molecule has 0 atom stereocenters. The molecule has 5 aromatic rings. The van der Waals surface area contributed by atoms with Crippen LogP contribution in [0.25, 0.3) is 40.7 Å². The SMILES string of the molecule is O=S(=O)(O)Oc1c(-c2sc3c(Cl)c4ccccc4cc3c2OS(=O)(=O)O)sc2ccccc12. The normalized spacial score (nSPS) is 12.6. The molecule has 5 rings (SSSR count). The van der Waals surface area contributed by atoms with Gasteiger partial charge in [0.2, 0.25) is 0 Å². The number of benzene rings is 3. The number of hydrogen-bond donors (Lipinski definition) is 2. The van der Waals surface area contributed by atoms with Gasteiger partial charge in [-0.2, -0.15) is 16.8 Å². The van der Waals surface area contributed by atoms with E-state index in [1.165, 1.54) is 0 Å². The van der Waals surface area contributed by atoms with Crippen molar-refractivity contribution in [1.82, 2.24) is 0 Å². The number of fused-ring (bicyclic) bond motifs is 3. The van der Waals surface area contributed by atoms with E-state index in [0.29, 0.717) is 36.0 Å². The summed E-state index contributed by atoms with van der Waals surface area (Å²) in [6.45, 7) is 0. The Morgan fingerprint density at radius 1 is 0.727 bits per heavy atom. The third-order valence-corrected chi connectivity index (χ3v) is 8.51. The monoisotopic (exact) mass is 542 g/mol. The van der Waals surface area contributed by atoms with Crippen LogP contribution in [-0.2, 0) is 20.8 Å². The van der Waals surface area contributed by atoms with Crippen LogP contribution in [0, 0.1) is 0 Å². The Bertz CT molecular complexity index is 1790. The van der Waals surface area contributed by atoms with E-state index >= 15 is 0 Å². The zero-order chi connectivity index (χ0) is 23.5. The van der Waals surface area contributed by atoms with Gasteiger partial charge in [0.05, 0.1) is 19.5 Å². The van der Waals surface area contributed by atoms with Crippen molar-refractivity contribution < 1.29 is 34.3 Å². The minimum Gasteiger partial charge on any atom is -0.360 e. The number of rotatable bonds is 5. The molecular formula is C20H11ClO8S4. The van der Waals surface area contributed by atoms with Gasteiger partial charge in [0.1, 0.15) is 0 Å². The van der Waals surface area contributed by atoms with Crippen LogP contribution in [0.3, 0.4) is 0 Å². The van der Waals surface area contributed by atoms with E-state index in [-0.39, 0.29) is 21.3 Å². The van der Waals surface area contributed by atoms with Crippen molar-refractivity contribution in [3.63, 3.8) is 0 Å². The molecule has 0 unspecified atom stereocenters. The summed E-state index contributed by atoms with van der Waals surface area (Å²) in [5.74, 6) is -0.442. The van der Waals surface area contributed by atoms with Gasteiger partial charge in [-0.05, 0) is 23.6 Å². The van der Waals surface area contributed by atoms with E-state index in [9.17, 15) is 25.9 Å². The molecule has 33 heavy (non-hydrogen) atoms. The molecule has 0 saturated heterocycles. The first-order valence-corrected chi connectivity index (χ1v) is 13.8. The summed E-state index contributed by atoms with van der Waals surface area (Å²) >= 11 is 8.75. The summed E-state index contributed by atoms with van der Waals surface area (Å²) in [6.07, 6.45) is 0. The Morgan fingerprint density at radius 2 is 1.27 bits per heavy atom. The maximum atomic E-state index is 11.7. The fourth-order valence-electron chi connectivity index (χ4n) is 3.52. The lowest BCUT2D eigenvalue weighted by molar-refractivity contribution is 0.385. The molecule has 13 heteroatoms. The van der Waals surface area contributed by atoms with Crippen LogP contribution in [-0.4, -0.2) is 25.9 Å². The summed E-state index contributed by atoms with van der Waals surface area (Å²) in [5, 5.41) is 2.42.